The number of hydrogen-bond acceptors (Lipinski definition) is 3. The van der Waals surface area contributed by atoms with Crippen LogP contribution < -0.4 is 10.3 Å². The normalized spacial score (nSPS) is 13.4. The van der Waals surface area contributed by atoms with E-state index in [1.54, 1.807) is 6.92 Å². The number of hydroxylamine groups is 1. The van der Waals surface area contributed by atoms with Gasteiger partial charge in [0.2, 0.25) is 0 Å². The monoisotopic (exact) mass is 427 g/mol. The fourth-order valence-electron chi connectivity index (χ4n) is 1.26. The summed E-state index contributed by atoms with van der Waals surface area (Å²) < 4.78 is 5.60. The van der Waals surface area contributed by atoms with Crippen molar-refractivity contribution < 1.29 is 23.7 Å². The lowest BCUT2D eigenvalue weighted by atomic mass is 10.3. The van der Waals surface area contributed by atoms with Crippen LogP contribution in [-0.4, -0.2) is 28.3 Å². The van der Waals surface area contributed by atoms with Crippen molar-refractivity contribution in [1.29, 1.82) is 0 Å². The fourth-order valence-corrected chi connectivity index (χ4v) is 5.39. The third-order valence-corrected chi connectivity index (χ3v) is 7.69. The van der Waals surface area contributed by atoms with Crippen molar-refractivity contribution in [3.63, 3.8) is 0 Å². The van der Waals surface area contributed by atoms with Crippen molar-refractivity contribution in [2.75, 3.05) is 13.7 Å². The summed E-state index contributed by atoms with van der Waals surface area (Å²) in [6.07, 6.45) is 0. The minimum Gasteiger partial charge on any atom is -0.406 e. The molecule has 0 aliphatic rings. The van der Waals surface area contributed by atoms with Gasteiger partial charge in [0.25, 0.3) is 0 Å². The molecule has 0 spiro atoms. The van der Waals surface area contributed by atoms with E-state index in [9.17, 15) is 14.7 Å². The second kappa shape index (κ2) is 7.78. The molecule has 0 fully saturated rings. The molecule has 0 saturated carbocycles. The Balaban J connectivity index is 3.66. The zero-order valence-corrected chi connectivity index (χ0v) is 15.2. The summed E-state index contributed by atoms with van der Waals surface area (Å²) in [5, 5.41) is 0.339. The molecule has 1 atom stereocenters. The first-order valence-electron chi connectivity index (χ1n) is 5.20. The van der Waals surface area contributed by atoms with Gasteiger partial charge >= 0.3 is 6.72 Å². The first kappa shape index (κ1) is 18.7. The van der Waals surface area contributed by atoms with Gasteiger partial charge in [0, 0.05) is 17.4 Å². The summed E-state index contributed by atoms with van der Waals surface area (Å²) in [7, 11) is -0.223. The molecule has 116 valence electrons. The molecule has 0 heterocycles. The van der Waals surface area contributed by atoms with Gasteiger partial charge in [-0.1, -0.05) is 23.2 Å². The first-order valence-corrected chi connectivity index (χ1v) is 10.2. The van der Waals surface area contributed by atoms with Crippen LogP contribution in [0.2, 0.25) is 10.0 Å². The van der Waals surface area contributed by atoms with E-state index >= 15 is 0 Å². The van der Waals surface area contributed by atoms with E-state index in [0.717, 1.165) is 0 Å². The topological polar surface area (TPSA) is 91.2 Å². The SMILES string of the molecule is CCOS(c1cc(Cl)c(Br)c(Cl)c1ONC)=P(O)(O)O. The summed E-state index contributed by atoms with van der Waals surface area (Å²) in [4.78, 5) is 33.9. The number of halogens is 3. The summed E-state index contributed by atoms with van der Waals surface area (Å²) >= 11 is 15.3. The van der Waals surface area contributed by atoms with E-state index < -0.39 is 17.1 Å². The van der Waals surface area contributed by atoms with Gasteiger partial charge in [-0.15, -0.1) is 0 Å². The maximum atomic E-state index is 9.54. The minimum absolute atomic E-state index is 0.0868. The maximum absolute atomic E-state index is 9.54. The molecule has 1 rings (SSSR count). The van der Waals surface area contributed by atoms with Crippen LogP contribution in [0.3, 0.4) is 0 Å². The molecule has 1 aromatic rings. The molecule has 0 amide bonds. The molecule has 4 N–H and O–H groups in total. The van der Waals surface area contributed by atoms with Crippen LogP contribution in [0.25, 0.3) is 0 Å². The van der Waals surface area contributed by atoms with Crippen LogP contribution in [0.1, 0.15) is 6.92 Å². The molecule has 0 bridgehead atoms. The van der Waals surface area contributed by atoms with Crippen molar-refractivity contribution >= 4 is 56.2 Å². The van der Waals surface area contributed by atoms with Crippen LogP contribution in [0.5, 0.6) is 5.75 Å². The highest BCUT2D eigenvalue weighted by Crippen LogP contribution is 2.48. The quantitative estimate of drug-likeness (QED) is 0.327. The van der Waals surface area contributed by atoms with Gasteiger partial charge in [0.15, 0.2) is 5.75 Å². The van der Waals surface area contributed by atoms with Crippen LogP contribution in [0.4, 0.5) is 0 Å². The molecule has 0 saturated heterocycles. The summed E-state index contributed by atoms with van der Waals surface area (Å²) in [5.74, 6) is 0.0868. The highest BCUT2D eigenvalue weighted by molar-refractivity contribution is 9.10. The van der Waals surface area contributed by atoms with E-state index in [1.165, 1.54) is 13.1 Å². The van der Waals surface area contributed by atoms with E-state index in [2.05, 4.69) is 21.4 Å². The molecule has 20 heavy (non-hydrogen) atoms. The second-order valence-corrected chi connectivity index (χ2v) is 9.53. The lowest BCUT2D eigenvalue weighted by Gasteiger charge is -2.19. The molecule has 1 aromatic carbocycles. The van der Waals surface area contributed by atoms with E-state index in [-0.39, 0.29) is 27.3 Å². The van der Waals surface area contributed by atoms with Gasteiger partial charge in [-0.2, -0.15) is 5.48 Å². The average Bonchev–Trinajstić information content (AvgIpc) is 2.35. The van der Waals surface area contributed by atoms with E-state index in [4.69, 9.17) is 32.2 Å². The van der Waals surface area contributed by atoms with Gasteiger partial charge in [-0.25, -0.2) is 0 Å². The molecule has 0 aliphatic heterocycles. The van der Waals surface area contributed by atoms with Crippen LogP contribution in [0.15, 0.2) is 15.4 Å². The fraction of sp³-hybridized carbons (Fsp3) is 0.333. The van der Waals surface area contributed by atoms with Gasteiger partial charge < -0.3 is 23.7 Å². The average molecular weight is 429 g/mol. The highest BCUT2D eigenvalue weighted by atomic mass is 79.9. The van der Waals surface area contributed by atoms with Gasteiger partial charge in [0.05, 0.1) is 21.0 Å². The standard InChI is InChI=1S/C9H13BrCl2NO5PS/c1-3-17-20(19(14,15)16)6-4-5(11)7(10)8(12)9(6)18-13-2/h4,13-16H,3H2,1-2H3. The number of hydrogen-bond donors (Lipinski definition) is 4. The Morgan fingerprint density at radius 1 is 1.40 bits per heavy atom. The molecular weight excluding hydrogens is 416 g/mol. The number of nitrogens with one attached hydrogen (secondary N) is 1. The molecular formula is C9H13BrCl2NO5PS. The lowest BCUT2D eigenvalue weighted by Crippen LogP contribution is -2.14. The number of benzene rings is 1. The van der Waals surface area contributed by atoms with Crippen LogP contribution in [0, 0.1) is 0 Å². The minimum atomic E-state index is -4.30. The predicted molar refractivity (Wildman–Crippen MR) is 84.7 cm³/mol. The maximum Gasteiger partial charge on any atom is 0.306 e. The van der Waals surface area contributed by atoms with Crippen LogP contribution in [-0.2, 0) is 14.5 Å². The van der Waals surface area contributed by atoms with Crippen molar-refractivity contribution in [2.45, 2.75) is 11.8 Å². The third kappa shape index (κ3) is 4.33. The Labute approximate surface area is 137 Å². The molecule has 6 nitrogen and oxygen atoms in total. The Morgan fingerprint density at radius 2 is 2.00 bits per heavy atom. The Bertz CT molecular complexity index is 559. The molecule has 11 heteroatoms. The van der Waals surface area contributed by atoms with Gasteiger partial charge in [-0.05, 0) is 28.9 Å². The van der Waals surface area contributed by atoms with Crippen LogP contribution >= 0.6 is 45.9 Å². The number of rotatable bonds is 5. The Morgan fingerprint density at radius 3 is 2.45 bits per heavy atom. The highest BCUT2D eigenvalue weighted by Gasteiger charge is 2.25. The summed E-state index contributed by atoms with van der Waals surface area (Å²) in [5.41, 5.74) is 2.43. The third-order valence-electron chi connectivity index (χ3n) is 1.93. The second-order valence-electron chi connectivity index (χ2n) is 3.29. The van der Waals surface area contributed by atoms with E-state index in [0.29, 0.717) is 4.47 Å². The smallest absolute Gasteiger partial charge is 0.306 e. The lowest BCUT2D eigenvalue weighted by molar-refractivity contribution is 0.217. The largest absolute Gasteiger partial charge is 0.406 e. The first-order chi connectivity index (χ1) is 9.23. The summed E-state index contributed by atoms with van der Waals surface area (Å²) in [6.45, 7) is -2.51. The molecule has 0 aliphatic carbocycles. The summed E-state index contributed by atoms with van der Waals surface area (Å²) in [6, 6.07) is 1.39. The van der Waals surface area contributed by atoms with Crippen molar-refractivity contribution in [3.8, 4) is 5.75 Å². The Hall–Kier alpha value is 0.660. The van der Waals surface area contributed by atoms with E-state index in [1.807, 2.05) is 0 Å². The van der Waals surface area contributed by atoms with Gasteiger partial charge in [-0.3, -0.25) is 0 Å². The molecule has 0 radical (unpaired) electrons. The van der Waals surface area contributed by atoms with Crippen molar-refractivity contribution in [1.82, 2.24) is 5.48 Å². The zero-order valence-electron chi connectivity index (χ0n) is 10.4. The van der Waals surface area contributed by atoms with Crippen molar-refractivity contribution in [2.24, 2.45) is 0 Å². The Kier molecular flexibility index (Phi) is 7.28. The predicted octanol–water partition coefficient (Wildman–Crippen LogP) is 2.85. The zero-order chi connectivity index (χ0) is 15.5. The molecule has 0 aromatic heterocycles. The van der Waals surface area contributed by atoms with Crippen molar-refractivity contribution in [3.05, 3.63) is 20.6 Å². The molecule has 1 unspecified atom stereocenters. The van der Waals surface area contributed by atoms with Gasteiger partial charge in [0.1, 0.15) is 5.02 Å².